The van der Waals surface area contributed by atoms with Gasteiger partial charge in [0, 0.05) is 28.7 Å². The minimum atomic E-state index is -0.389. The highest BCUT2D eigenvalue weighted by molar-refractivity contribution is 8.00. The molecular weight excluding hydrogens is 390 g/mol. The lowest BCUT2D eigenvalue weighted by Crippen LogP contribution is -2.13. The summed E-state index contributed by atoms with van der Waals surface area (Å²) in [5.41, 5.74) is 2.24. The average molecular weight is 409 g/mol. The lowest BCUT2D eigenvalue weighted by molar-refractivity contribution is 0.0995. The number of fused-ring (bicyclic) bond motifs is 1. The van der Waals surface area contributed by atoms with Gasteiger partial charge in [0.15, 0.2) is 5.78 Å². The van der Waals surface area contributed by atoms with E-state index >= 15 is 0 Å². The molecule has 2 aromatic carbocycles. The Balaban J connectivity index is 1.54. The Kier molecular flexibility index (Phi) is 5.26. The second kappa shape index (κ2) is 8.00. The van der Waals surface area contributed by atoms with Crippen LogP contribution in [0.25, 0.3) is 22.4 Å². The minimum Gasteiger partial charge on any atom is -0.497 e. The number of Topliss-reactive ketones (excluding diaryl/α,β-unsaturated/α-hetero) is 1. The van der Waals surface area contributed by atoms with Gasteiger partial charge in [-0.15, -0.1) is 10.2 Å². The molecule has 0 aliphatic rings. The molecule has 0 aliphatic carbocycles. The number of ether oxygens (including phenoxy) is 2. The first kappa shape index (κ1) is 19.1. The SMILES string of the molecule is COc1ccc(-c2nnc(S[C@@H](C)C(=O)c3c[nH]c4ccccc34)o2)c(OC)c1. The molecule has 29 heavy (non-hydrogen) atoms. The van der Waals surface area contributed by atoms with Crippen LogP contribution in [0, 0.1) is 0 Å². The number of para-hydroxylation sites is 1. The molecule has 0 fully saturated rings. The summed E-state index contributed by atoms with van der Waals surface area (Å²) in [4.78, 5) is 16.0. The number of hydrogen-bond donors (Lipinski definition) is 1. The highest BCUT2D eigenvalue weighted by atomic mass is 32.2. The summed E-state index contributed by atoms with van der Waals surface area (Å²) in [5.74, 6) is 1.54. The zero-order chi connectivity index (χ0) is 20.4. The highest BCUT2D eigenvalue weighted by Crippen LogP contribution is 2.35. The standard InChI is InChI=1S/C21H19N3O4S/c1-12(19(25)16-11-22-17-7-5-4-6-14(16)17)29-21-24-23-20(28-21)15-9-8-13(26-2)10-18(15)27-3/h4-12,22H,1-3H3/t12-/m0/s1. The van der Waals surface area contributed by atoms with Crippen LogP contribution in [-0.4, -0.2) is 40.4 Å². The fourth-order valence-corrected chi connectivity index (χ4v) is 3.79. The van der Waals surface area contributed by atoms with Crippen LogP contribution >= 0.6 is 11.8 Å². The van der Waals surface area contributed by atoms with Gasteiger partial charge in [-0.25, -0.2) is 0 Å². The zero-order valence-corrected chi connectivity index (χ0v) is 16.9. The van der Waals surface area contributed by atoms with Gasteiger partial charge in [-0.05, 0) is 25.1 Å². The Morgan fingerprint density at radius 2 is 1.97 bits per heavy atom. The van der Waals surface area contributed by atoms with Crippen LogP contribution in [-0.2, 0) is 0 Å². The molecule has 0 aliphatic heterocycles. The second-order valence-corrected chi connectivity index (χ2v) is 7.60. The first-order valence-electron chi connectivity index (χ1n) is 8.93. The Labute approximate surface area is 171 Å². The Morgan fingerprint density at radius 3 is 2.76 bits per heavy atom. The molecule has 4 rings (SSSR count). The summed E-state index contributed by atoms with van der Waals surface area (Å²) in [5, 5.41) is 9.01. The van der Waals surface area contributed by atoms with Crippen LogP contribution in [0.15, 0.2) is 58.3 Å². The Morgan fingerprint density at radius 1 is 1.14 bits per heavy atom. The zero-order valence-electron chi connectivity index (χ0n) is 16.1. The number of H-pyrrole nitrogens is 1. The number of nitrogens with zero attached hydrogens (tertiary/aromatic N) is 2. The maximum absolute atomic E-state index is 12.9. The predicted molar refractivity (Wildman–Crippen MR) is 111 cm³/mol. The fourth-order valence-electron chi connectivity index (χ4n) is 3.04. The van der Waals surface area contributed by atoms with Crippen molar-refractivity contribution in [3.8, 4) is 23.0 Å². The third kappa shape index (κ3) is 3.71. The van der Waals surface area contributed by atoms with Crippen molar-refractivity contribution in [3.63, 3.8) is 0 Å². The number of nitrogens with one attached hydrogen (secondary N) is 1. The van der Waals surface area contributed by atoms with Crippen LogP contribution in [0.4, 0.5) is 0 Å². The molecule has 0 radical (unpaired) electrons. The predicted octanol–water partition coefficient (Wildman–Crippen LogP) is 4.60. The van der Waals surface area contributed by atoms with Crippen molar-refractivity contribution >= 4 is 28.4 Å². The van der Waals surface area contributed by atoms with Crippen molar-refractivity contribution < 1.29 is 18.7 Å². The van der Waals surface area contributed by atoms with Gasteiger partial charge in [-0.3, -0.25) is 4.79 Å². The van der Waals surface area contributed by atoms with Crippen LogP contribution in [0.3, 0.4) is 0 Å². The van der Waals surface area contributed by atoms with E-state index in [1.54, 1.807) is 38.6 Å². The number of thioether (sulfide) groups is 1. The number of rotatable bonds is 7. The molecule has 0 amide bonds. The van der Waals surface area contributed by atoms with Crippen molar-refractivity contribution in [2.45, 2.75) is 17.4 Å². The first-order valence-corrected chi connectivity index (χ1v) is 9.81. The van der Waals surface area contributed by atoms with E-state index in [1.807, 2.05) is 31.2 Å². The molecule has 0 saturated carbocycles. The summed E-state index contributed by atoms with van der Waals surface area (Å²) in [6.07, 6.45) is 1.74. The summed E-state index contributed by atoms with van der Waals surface area (Å²) in [6, 6.07) is 13.0. The van der Waals surface area contributed by atoms with Gasteiger partial charge < -0.3 is 18.9 Å². The van der Waals surface area contributed by atoms with E-state index in [2.05, 4.69) is 15.2 Å². The average Bonchev–Trinajstić information content (AvgIpc) is 3.39. The number of carbonyl (C=O) groups excluding carboxylic acids is 1. The molecule has 2 aromatic heterocycles. The van der Waals surface area contributed by atoms with Gasteiger partial charge in [0.25, 0.3) is 11.1 Å². The molecular formula is C21H19N3O4S. The van der Waals surface area contributed by atoms with Crippen molar-refractivity contribution in [2.24, 2.45) is 0 Å². The molecule has 0 saturated heterocycles. The Hall–Kier alpha value is -3.26. The van der Waals surface area contributed by atoms with Gasteiger partial charge in [-0.2, -0.15) is 0 Å². The molecule has 7 nitrogen and oxygen atoms in total. The minimum absolute atomic E-state index is 0.00534. The topological polar surface area (TPSA) is 90.2 Å². The maximum Gasteiger partial charge on any atom is 0.277 e. The third-order valence-electron chi connectivity index (χ3n) is 4.55. The third-order valence-corrected chi connectivity index (χ3v) is 5.48. The van der Waals surface area contributed by atoms with Crippen LogP contribution in [0.1, 0.15) is 17.3 Å². The molecule has 0 unspecified atom stereocenters. The summed E-state index contributed by atoms with van der Waals surface area (Å²) < 4.78 is 16.4. The van der Waals surface area contributed by atoms with Crippen LogP contribution < -0.4 is 9.47 Å². The van der Waals surface area contributed by atoms with Crippen LogP contribution in [0.2, 0.25) is 0 Å². The monoisotopic (exact) mass is 409 g/mol. The van der Waals surface area contributed by atoms with Gasteiger partial charge in [-0.1, -0.05) is 30.0 Å². The summed E-state index contributed by atoms with van der Waals surface area (Å²) in [6.45, 7) is 1.83. The molecule has 1 atom stereocenters. The largest absolute Gasteiger partial charge is 0.497 e. The van der Waals surface area contributed by atoms with Crippen molar-refractivity contribution in [3.05, 3.63) is 54.2 Å². The lowest BCUT2D eigenvalue weighted by atomic mass is 10.1. The summed E-state index contributed by atoms with van der Waals surface area (Å²) >= 11 is 1.23. The Bertz CT molecular complexity index is 1170. The van der Waals surface area contributed by atoms with E-state index in [0.29, 0.717) is 33.7 Å². The van der Waals surface area contributed by atoms with Crippen molar-refractivity contribution in [2.75, 3.05) is 14.2 Å². The smallest absolute Gasteiger partial charge is 0.277 e. The van der Waals surface area contributed by atoms with E-state index < -0.39 is 0 Å². The molecule has 148 valence electrons. The van der Waals surface area contributed by atoms with E-state index in [4.69, 9.17) is 13.9 Å². The molecule has 1 N–H and O–H groups in total. The molecule has 0 bridgehead atoms. The maximum atomic E-state index is 12.9. The fraction of sp³-hybridized carbons (Fsp3) is 0.190. The van der Waals surface area contributed by atoms with Crippen LogP contribution in [0.5, 0.6) is 11.5 Å². The number of benzene rings is 2. The van der Waals surface area contributed by atoms with Crippen molar-refractivity contribution in [1.29, 1.82) is 0 Å². The van der Waals surface area contributed by atoms with E-state index in [-0.39, 0.29) is 11.0 Å². The molecule has 8 heteroatoms. The number of aromatic nitrogens is 3. The quantitative estimate of drug-likeness (QED) is 0.352. The lowest BCUT2D eigenvalue weighted by Gasteiger charge is -2.07. The second-order valence-electron chi connectivity index (χ2n) is 6.31. The number of ketones is 1. The number of hydrogen-bond acceptors (Lipinski definition) is 7. The first-order chi connectivity index (χ1) is 14.1. The van der Waals surface area contributed by atoms with E-state index in [1.165, 1.54) is 11.8 Å². The summed E-state index contributed by atoms with van der Waals surface area (Å²) in [7, 11) is 3.15. The number of aromatic amines is 1. The van der Waals surface area contributed by atoms with Gasteiger partial charge in [0.2, 0.25) is 0 Å². The van der Waals surface area contributed by atoms with Gasteiger partial charge in [0.05, 0.1) is 25.0 Å². The van der Waals surface area contributed by atoms with E-state index in [9.17, 15) is 4.79 Å². The van der Waals surface area contributed by atoms with E-state index in [0.717, 1.165) is 10.9 Å². The normalized spacial score (nSPS) is 12.1. The molecule has 4 aromatic rings. The van der Waals surface area contributed by atoms with Gasteiger partial charge in [0.1, 0.15) is 11.5 Å². The van der Waals surface area contributed by atoms with Crippen molar-refractivity contribution in [1.82, 2.24) is 15.2 Å². The van der Waals surface area contributed by atoms with Gasteiger partial charge >= 0.3 is 0 Å². The molecule has 0 spiro atoms. The number of carbonyl (C=O) groups is 1. The highest BCUT2D eigenvalue weighted by Gasteiger charge is 2.23. The molecule has 2 heterocycles. The number of methoxy groups -OCH3 is 2.